The first-order valence-corrected chi connectivity index (χ1v) is 15.6. The predicted molar refractivity (Wildman–Crippen MR) is 171 cm³/mol. The van der Waals surface area contributed by atoms with E-state index in [1.54, 1.807) is 14.2 Å². The maximum Gasteiger partial charge on any atom is 0.161 e. The van der Waals surface area contributed by atoms with Crippen molar-refractivity contribution >= 4 is 0 Å². The van der Waals surface area contributed by atoms with Gasteiger partial charge in [-0.3, -0.25) is 0 Å². The zero-order chi connectivity index (χ0) is 32.0. The normalized spacial score (nSPS) is 11.0. The summed E-state index contributed by atoms with van der Waals surface area (Å²) in [6, 6.07) is 11.8. The van der Waals surface area contributed by atoms with Crippen molar-refractivity contribution in [2.24, 2.45) is 0 Å². The van der Waals surface area contributed by atoms with Gasteiger partial charge in [0.15, 0.2) is 46.3 Å². The van der Waals surface area contributed by atoms with Crippen molar-refractivity contribution in [2.75, 3.05) is 51.5 Å². The van der Waals surface area contributed by atoms with E-state index in [1.807, 2.05) is 45.8 Å². The van der Waals surface area contributed by atoms with Gasteiger partial charge in [-0.2, -0.15) is 0 Å². The Kier molecular flexibility index (Phi) is 12.7. The van der Waals surface area contributed by atoms with Gasteiger partial charge in [0.05, 0.1) is 40.5 Å². The van der Waals surface area contributed by atoms with Crippen LogP contribution in [0.25, 0.3) is 0 Å². The molecule has 0 aliphatic carbocycles. The number of aromatic nitrogens is 6. The highest BCUT2D eigenvalue weighted by Gasteiger charge is 2.12. The lowest BCUT2D eigenvalue weighted by molar-refractivity contribution is 0.0750. The standard InChI is InChI=1S/C32H46N8O5/c1-7-29-35-36-30(8-2)39(29)33-21-23-11-13-25(27(19-23)41-5)44-17-15-43-16-18-45-26-14-12-24(20-28(26)42-6)22-34-40-31(9-3)37-38-32(40)10-4/h11-14,19-20,33-34H,7-10,15-18,21-22H2,1-6H3. The van der Waals surface area contributed by atoms with Gasteiger partial charge in [-0.25, -0.2) is 9.35 Å². The number of nitrogens with zero attached hydrogens (tertiary/aromatic N) is 6. The lowest BCUT2D eigenvalue weighted by Gasteiger charge is -2.15. The molecule has 4 aromatic rings. The summed E-state index contributed by atoms with van der Waals surface area (Å²) in [5.74, 6) is 6.28. The van der Waals surface area contributed by atoms with Crippen molar-refractivity contribution in [2.45, 2.75) is 66.5 Å². The first-order chi connectivity index (χ1) is 22.0. The maximum absolute atomic E-state index is 5.93. The Balaban J connectivity index is 1.18. The van der Waals surface area contributed by atoms with Gasteiger partial charge in [-0.05, 0) is 35.4 Å². The van der Waals surface area contributed by atoms with Crippen LogP contribution in [0.2, 0.25) is 0 Å². The number of benzene rings is 2. The number of nitrogens with one attached hydrogen (secondary N) is 2. The highest BCUT2D eigenvalue weighted by molar-refractivity contribution is 5.44. The van der Waals surface area contributed by atoms with Gasteiger partial charge in [0, 0.05) is 25.7 Å². The Bertz CT molecular complexity index is 1340. The molecule has 0 aliphatic heterocycles. The fourth-order valence-corrected chi connectivity index (χ4v) is 4.73. The summed E-state index contributed by atoms with van der Waals surface area (Å²) in [6.07, 6.45) is 3.20. The average molecular weight is 623 g/mol. The van der Waals surface area contributed by atoms with E-state index >= 15 is 0 Å². The molecule has 0 unspecified atom stereocenters. The van der Waals surface area contributed by atoms with Gasteiger partial charge in [0.25, 0.3) is 0 Å². The van der Waals surface area contributed by atoms with E-state index in [4.69, 9.17) is 23.7 Å². The summed E-state index contributed by atoms with van der Waals surface area (Å²) in [5, 5.41) is 17.0. The fourth-order valence-electron chi connectivity index (χ4n) is 4.73. The van der Waals surface area contributed by atoms with Crippen LogP contribution in [0, 0.1) is 0 Å². The van der Waals surface area contributed by atoms with Crippen LogP contribution in [-0.4, -0.2) is 70.4 Å². The largest absolute Gasteiger partial charge is 0.493 e. The number of hydrogen-bond donors (Lipinski definition) is 2. The van der Waals surface area contributed by atoms with Crippen LogP contribution in [0.5, 0.6) is 23.0 Å². The SMILES string of the molecule is CCc1nnc(CC)n1NCc1ccc(OCCOCCOc2ccc(CNn3c(CC)nnc3CC)cc2OC)c(OC)c1. The molecule has 13 heteroatoms. The van der Waals surface area contributed by atoms with Gasteiger partial charge >= 0.3 is 0 Å². The van der Waals surface area contributed by atoms with Gasteiger partial charge in [0.1, 0.15) is 13.2 Å². The molecule has 0 aliphatic rings. The highest BCUT2D eigenvalue weighted by atomic mass is 16.6. The van der Waals surface area contributed by atoms with Crippen molar-refractivity contribution in [3.05, 3.63) is 70.8 Å². The van der Waals surface area contributed by atoms with Gasteiger partial charge in [-0.15, -0.1) is 20.4 Å². The minimum atomic E-state index is 0.380. The smallest absolute Gasteiger partial charge is 0.161 e. The molecule has 0 saturated carbocycles. The lowest BCUT2D eigenvalue weighted by atomic mass is 10.2. The Labute approximate surface area is 265 Å². The zero-order valence-electron chi connectivity index (χ0n) is 27.3. The number of ether oxygens (including phenoxy) is 5. The minimum Gasteiger partial charge on any atom is -0.493 e. The second-order valence-corrected chi connectivity index (χ2v) is 10.1. The summed E-state index contributed by atoms with van der Waals surface area (Å²) in [7, 11) is 3.27. The molecule has 0 fully saturated rings. The van der Waals surface area contributed by atoms with Gasteiger partial charge in [0.2, 0.25) is 0 Å². The summed E-state index contributed by atoms with van der Waals surface area (Å²) in [5.41, 5.74) is 8.93. The van der Waals surface area contributed by atoms with Crippen molar-refractivity contribution in [1.29, 1.82) is 0 Å². The molecular weight excluding hydrogens is 576 g/mol. The second-order valence-electron chi connectivity index (χ2n) is 10.1. The molecule has 2 aromatic carbocycles. The number of methoxy groups -OCH3 is 2. The molecule has 0 amide bonds. The third kappa shape index (κ3) is 8.78. The summed E-state index contributed by atoms with van der Waals surface area (Å²) >= 11 is 0. The summed E-state index contributed by atoms with van der Waals surface area (Å²) in [4.78, 5) is 0. The molecule has 2 N–H and O–H groups in total. The average Bonchev–Trinajstić information content (AvgIpc) is 3.68. The Morgan fingerprint density at radius 3 is 1.24 bits per heavy atom. The number of aryl methyl sites for hydroxylation is 4. The molecule has 13 nitrogen and oxygen atoms in total. The summed E-state index contributed by atoms with van der Waals surface area (Å²) < 4.78 is 32.7. The Morgan fingerprint density at radius 2 is 0.911 bits per heavy atom. The van der Waals surface area contributed by atoms with Crippen LogP contribution in [-0.2, 0) is 43.5 Å². The zero-order valence-corrected chi connectivity index (χ0v) is 27.3. The van der Waals surface area contributed by atoms with E-state index in [2.05, 4.69) is 58.9 Å². The topological polar surface area (TPSA) is 132 Å². The molecule has 45 heavy (non-hydrogen) atoms. The third-order valence-electron chi connectivity index (χ3n) is 7.17. The monoisotopic (exact) mass is 622 g/mol. The van der Waals surface area contributed by atoms with Crippen LogP contribution < -0.4 is 29.8 Å². The van der Waals surface area contributed by atoms with E-state index in [0.717, 1.165) is 60.1 Å². The Morgan fingerprint density at radius 1 is 0.533 bits per heavy atom. The molecule has 0 saturated heterocycles. The number of hydrogen-bond acceptors (Lipinski definition) is 11. The molecule has 244 valence electrons. The fraction of sp³-hybridized carbons (Fsp3) is 0.500. The van der Waals surface area contributed by atoms with Crippen LogP contribution in [0.1, 0.15) is 62.1 Å². The molecule has 0 radical (unpaired) electrons. The molecule has 0 bridgehead atoms. The third-order valence-corrected chi connectivity index (χ3v) is 7.17. The van der Waals surface area contributed by atoms with Gasteiger partial charge in [-0.1, -0.05) is 39.8 Å². The van der Waals surface area contributed by atoms with E-state index in [9.17, 15) is 0 Å². The lowest BCUT2D eigenvalue weighted by Crippen LogP contribution is -2.19. The van der Waals surface area contributed by atoms with Crippen LogP contribution >= 0.6 is 0 Å². The number of rotatable bonds is 20. The molecule has 2 aromatic heterocycles. The van der Waals surface area contributed by atoms with Gasteiger partial charge < -0.3 is 34.5 Å². The minimum absolute atomic E-state index is 0.380. The van der Waals surface area contributed by atoms with E-state index in [1.165, 1.54) is 0 Å². The van der Waals surface area contributed by atoms with Crippen molar-refractivity contribution in [1.82, 2.24) is 29.7 Å². The van der Waals surface area contributed by atoms with Crippen LogP contribution in [0.3, 0.4) is 0 Å². The molecule has 0 spiro atoms. The van der Waals surface area contributed by atoms with Crippen LogP contribution in [0.4, 0.5) is 0 Å². The van der Waals surface area contributed by atoms with Crippen molar-refractivity contribution in [3.8, 4) is 23.0 Å². The molecule has 0 atom stereocenters. The van der Waals surface area contributed by atoms with Crippen molar-refractivity contribution < 1.29 is 23.7 Å². The van der Waals surface area contributed by atoms with E-state index < -0.39 is 0 Å². The van der Waals surface area contributed by atoms with E-state index in [0.29, 0.717) is 62.5 Å². The molecule has 4 rings (SSSR count). The highest BCUT2D eigenvalue weighted by Crippen LogP contribution is 2.29. The first-order valence-electron chi connectivity index (χ1n) is 15.6. The first kappa shape index (κ1) is 33.4. The quantitative estimate of drug-likeness (QED) is 0.138. The van der Waals surface area contributed by atoms with Crippen molar-refractivity contribution in [3.63, 3.8) is 0 Å². The summed E-state index contributed by atoms with van der Waals surface area (Å²) in [6.45, 7) is 11.0. The maximum atomic E-state index is 5.93. The van der Waals surface area contributed by atoms with E-state index in [-0.39, 0.29) is 0 Å². The predicted octanol–water partition coefficient (Wildman–Crippen LogP) is 4.10. The van der Waals surface area contributed by atoms with Crippen LogP contribution in [0.15, 0.2) is 36.4 Å². The Hall–Kier alpha value is -4.52. The molecule has 2 heterocycles. The second kappa shape index (κ2) is 17.1. The molecular formula is C32H46N8O5.